The summed E-state index contributed by atoms with van der Waals surface area (Å²) in [5.41, 5.74) is 0.331. The molecule has 0 atom stereocenters. The fourth-order valence-corrected chi connectivity index (χ4v) is 6.09. The van der Waals surface area contributed by atoms with Gasteiger partial charge < -0.3 is 9.84 Å². The van der Waals surface area contributed by atoms with Crippen molar-refractivity contribution in [3.05, 3.63) is 130 Å². The average molecular weight is 652 g/mol. The predicted octanol–water partition coefficient (Wildman–Crippen LogP) is 7.50. The van der Waals surface area contributed by atoms with E-state index < -0.39 is 44.4 Å². The smallest absolute Gasteiger partial charge is 0.417 e. The topological polar surface area (TPSA) is 66.8 Å². The second-order valence-electron chi connectivity index (χ2n) is 10.2. The van der Waals surface area contributed by atoms with Crippen LogP contribution in [-0.2, 0) is 29.1 Å². The fraction of sp³-hybridized carbons (Fsp3) is 0.273. The van der Waals surface area contributed by atoms with Gasteiger partial charge in [0.1, 0.15) is 11.6 Å². The van der Waals surface area contributed by atoms with Crippen LogP contribution in [0.4, 0.5) is 17.6 Å². The highest BCUT2D eigenvalue weighted by Gasteiger charge is 2.34. The van der Waals surface area contributed by atoms with Crippen LogP contribution in [0.3, 0.4) is 0 Å². The quantitative estimate of drug-likeness (QED) is 0.120. The largest absolute Gasteiger partial charge is 0.493 e. The van der Waals surface area contributed by atoms with E-state index in [1.165, 1.54) is 12.1 Å². The Hall–Kier alpha value is -3.44. The Morgan fingerprint density at radius 1 is 0.977 bits per heavy atom. The number of halogens is 5. The third-order valence-corrected chi connectivity index (χ3v) is 8.62. The van der Waals surface area contributed by atoms with Crippen molar-refractivity contribution in [2.24, 2.45) is 0 Å². The van der Waals surface area contributed by atoms with E-state index in [1.54, 1.807) is 0 Å². The van der Waals surface area contributed by atoms with E-state index in [0.29, 0.717) is 19.5 Å². The third kappa shape index (κ3) is 8.59. The number of sulfone groups is 1. The molecule has 0 aromatic heterocycles. The number of rotatable bonds is 13. The van der Waals surface area contributed by atoms with Crippen LogP contribution in [0.2, 0.25) is 5.02 Å². The molecule has 0 unspecified atom stereocenters. The highest BCUT2D eigenvalue weighted by Crippen LogP contribution is 2.37. The van der Waals surface area contributed by atoms with Gasteiger partial charge in [-0.25, -0.2) is 12.8 Å². The Morgan fingerprint density at radius 2 is 1.59 bits per heavy atom. The maximum absolute atomic E-state index is 14.8. The molecule has 0 aliphatic rings. The molecule has 4 aromatic rings. The van der Waals surface area contributed by atoms with E-state index in [2.05, 4.69) is 0 Å². The van der Waals surface area contributed by atoms with Gasteiger partial charge in [0.25, 0.3) is 0 Å². The van der Waals surface area contributed by atoms with E-state index in [4.69, 9.17) is 19.1 Å². The lowest BCUT2D eigenvalue weighted by Gasteiger charge is -2.29. The van der Waals surface area contributed by atoms with Crippen molar-refractivity contribution in [2.75, 3.05) is 26.0 Å². The van der Waals surface area contributed by atoms with E-state index in [0.717, 1.165) is 35.6 Å². The normalized spacial score (nSPS) is 13.2. The number of ether oxygens (including phenoxy) is 1. The lowest BCUT2D eigenvalue weighted by Crippen LogP contribution is -2.31. The molecule has 11 heteroatoms. The number of alkyl halides is 3. The van der Waals surface area contributed by atoms with Gasteiger partial charge in [-0.05, 0) is 35.2 Å². The van der Waals surface area contributed by atoms with Gasteiger partial charge in [-0.2, -0.15) is 13.2 Å². The minimum absolute atomic E-state index is 0.0395. The second-order valence-corrected chi connectivity index (χ2v) is 12.6. The molecule has 4 aromatic carbocycles. The maximum atomic E-state index is 14.8. The van der Waals surface area contributed by atoms with Crippen LogP contribution in [0.15, 0.2) is 95.9 Å². The Morgan fingerprint density at radius 3 is 2.14 bits per heavy atom. The average Bonchev–Trinajstić information content (AvgIpc) is 2.97. The minimum atomic E-state index is -4.63. The third-order valence-electron chi connectivity index (χ3n) is 7.05. The molecule has 0 amide bonds. The van der Waals surface area contributed by atoms with Gasteiger partial charge >= 0.3 is 6.18 Å². The summed E-state index contributed by atoms with van der Waals surface area (Å²) in [5, 5.41) is 9.34. The van der Waals surface area contributed by atoms with Gasteiger partial charge in [0.05, 0.1) is 31.4 Å². The summed E-state index contributed by atoms with van der Waals surface area (Å²) in [7, 11) is -4.15. The first-order chi connectivity index (χ1) is 21.6. The van der Waals surface area contributed by atoms with Crippen molar-refractivity contribution in [3.8, 4) is 5.75 Å². The van der Waals surface area contributed by atoms with Crippen LogP contribution in [-0.4, -0.2) is 44.4 Å². The van der Waals surface area contributed by atoms with Crippen molar-refractivity contribution < 1.29 is 38.6 Å². The van der Waals surface area contributed by atoms with Crippen molar-refractivity contribution in [1.29, 1.82) is 0 Å². The molecule has 0 heterocycles. The molecule has 4 rings (SSSR count). The fourth-order valence-electron chi connectivity index (χ4n) is 4.95. The van der Waals surface area contributed by atoms with Crippen LogP contribution in [0.1, 0.15) is 42.9 Å². The monoisotopic (exact) mass is 651 g/mol. The van der Waals surface area contributed by atoms with Gasteiger partial charge in [-0.15, -0.1) is 0 Å². The molecule has 0 saturated carbocycles. The van der Waals surface area contributed by atoms with E-state index in [1.807, 2.05) is 65.6 Å². The first-order valence-corrected chi connectivity index (χ1v) is 15.9. The molecule has 0 aliphatic carbocycles. The number of nitrogens with zero attached hydrogens (tertiary/aromatic N) is 1. The zero-order chi connectivity index (χ0) is 33.7. The summed E-state index contributed by atoms with van der Waals surface area (Å²) in [5.74, 6) is -1.63. The summed E-state index contributed by atoms with van der Waals surface area (Å²) in [6.07, 6.45) is -3.58. The van der Waals surface area contributed by atoms with Gasteiger partial charge in [-0.1, -0.05) is 84.4 Å². The molecule has 0 radical (unpaired) electrons. The Labute approximate surface area is 262 Å². The number of aliphatic hydroxyl groups is 1. The van der Waals surface area contributed by atoms with Crippen molar-refractivity contribution >= 4 is 21.4 Å². The minimum Gasteiger partial charge on any atom is -0.493 e. The SMILES string of the molecule is [2H]C([2H])(O)c1c(F)cc(OCCCN(Cc2cccc(C(F)(F)F)c2Cl)CC(c2ccccc2)c2ccccc2)cc1S(C)(=O)=O. The maximum Gasteiger partial charge on any atom is 0.417 e. The van der Waals surface area contributed by atoms with Gasteiger partial charge in [0.2, 0.25) is 0 Å². The summed E-state index contributed by atoms with van der Waals surface area (Å²) in [6, 6.07) is 24.8. The van der Waals surface area contributed by atoms with Crippen LogP contribution >= 0.6 is 11.6 Å². The molecule has 1 N–H and O–H groups in total. The molecule has 0 fully saturated rings. The zero-order valence-corrected chi connectivity index (χ0v) is 25.3. The number of hydrogen-bond acceptors (Lipinski definition) is 5. The molecule has 0 saturated heterocycles. The molecule has 0 bridgehead atoms. The highest BCUT2D eigenvalue weighted by atomic mass is 35.5. The summed E-state index contributed by atoms with van der Waals surface area (Å²) in [4.78, 5) is 1.20. The van der Waals surface area contributed by atoms with Crippen LogP contribution in [0, 0.1) is 5.82 Å². The van der Waals surface area contributed by atoms with Gasteiger partial charge in [0, 0.05) is 43.4 Å². The van der Waals surface area contributed by atoms with E-state index >= 15 is 0 Å². The molecular weight excluding hydrogens is 618 g/mol. The molecule has 0 aliphatic heterocycles. The number of benzene rings is 4. The van der Waals surface area contributed by atoms with Crippen LogP contribution in [0.25, 0.3) is 0 Å². The summed E-state index contributed by atoms with van der Waals surface area (Å²) < 4.78 is 101. The van der Waals surface area contributed by atoms with Crippen LogP contribution < -0.4 is 4.74 Å². The first kappa shape index (κ1) is 30.6. The molecule has 0 spiro atoms. The van der Waals surface area contributed by atoms with E-state index in [-0.39, 0.29) is 35.4 Å². The van der Waals surface area contributed by atoms with Crippen molar-refractivity contribution in [2.45, 2.75) is 36.5 Å². The van der Waals surface area contributed by atoms with Gasteiger partial charge in [-0.3, -0.25) is 4.90 Å². The molecule has 234 valence electrons. The number of hydrogen-bond donors (Lipinski definition) is 1. The van der Waals surface area contributed by atoms with Gasteiger partial charge in [0.15, 0.2) is 9.84 Å². The second kappa shape index (κ2) is 14.6. The highest BCUT2D eigenvalue weighted by molar-refractivity contribution is 7.90. The van der Waals surface area contributed by atoms with E-state index in [9.17, 15) is 31.1 Å². The lowest BCUT2D eigenvalue weighted by atomic mass is 9.90. The Kier molecular flexibility index (Phi) is 10.1. The lowest BCUT2D eigenvalue weighted by molar-refractivity contribution is -0.137. The van der Waals surface area contributed by atoms with Crippen LogP contribution in [0.5, 0.6) is 5.75 Å². The predicted molar refractivity (Wildman–Crippen MR) is 162 cm³/mol. The zero-order valence-electron chi connectivity index (χ0n) is 25.7. The summed E-state index contributed by atoms with van der Waals surface area (Å²) in [6.45, 7) is -2.51. The van der Waals surface area contributed by atoms with Crippen molar-refractivity contribution in [3.63, 3.8) is 0 Å². The molecule has 44 heavy (non-hydrogen) atoms. The molecular formula is C33H32ClF4NO4S. The summed E-state index contributed by atoms with van der Waals surface area (Å²) >= 11 is 6.26. The molecule has 5 nitrogen and oxygen atoms in total. The first-order valence-electron chi connectivity index (χ1n) is 14.6. The Balaban J connectivity index is 1.60. The van der Waals surface area contributed by atoms with Crippen molar-refractivity contribution in [1.82, 2.24) is 4.90 Å². The standard InChI is InChI=1S/C33H32ClF4NO4S/c1-44(41,42)31-19-26(18-30(35)28(31)22-40)43-17-9-16-39(20-25-14-8-15-29(32(25)34)33(36,37)38)21-27(23-10-4-2-5-11-23)24-12-6-3-7-13-24/h2-8,10-15,18-19,27,40H,9,16-17,20-22H2,1H3/i22D2. The Bertz CT molecular complexity index is 1700.